The van der Waals surface area contributed by atoms with Crippen molar-refractivity contribution in [1.29, 1.82) is 0 Å². The molecule has 1 aliphatic heterocycles. The third kappa shape index (κ3) is 5.71. The molecule has 0 bridgehead atoms. The van der Waals surface area contributed by atoms with E-state index in [1.54, 1.807) is 7.11 Å². The second kappa shape index (κ2) is 7.74. The van der Waals surface area contributed by atoms with Crippen LogP contribution in [0.3, 0.4) is 0 Å². The Balaban J connectivity index is 1.91. The van der Waals surface area contributed by atoms with Gasteiger partial charge < -0.3 is 10.1 Å². The van der Waals surface area contributed by atoms with Gasteiger partial charge in [0.05, 0.1) is 12.9 Å². The topological polar surface area (TPSA) is 75.7 Å². The molecule has 0 atom stereocenters. The highest BCUT2D eigenvalue weighted by Crippen LogP contribution is 2.25. The number of amides is 1. The molecule has 0 aliphatic carbocycles. The summed E-state index contributed by atoms with van der Waals surface area (Å²) in [5, 5.41) is 2.71. The fourth-order valence-electron chi connectivity index (χ4n) is 2.86. The monoisotopic (exact) mass is 368 g/mol. The summed E-state index contributed by atoms with van der Waals surface area (Å²) in [5.41, 5.74) is 2.03. The SMILES string of the molecule is COc1ccc2c(c1)CCN(S(=O)(=O)CCNC(=O)CC(C)(C)C)C2. The van der Waals surface area contributed by atoms with Crippen molar-refractivity contribution in [1.82, 2.24) is 9.62 Å². The van der Waals surface area contributed by atoms with Gasteiger partial charge in [0, 0.05) is 26.1 Å². The van der Waals surface area contributed by atoms with E-state index in [1.807, 2.05) is 39.0 Å². The van der Waals surface area contributed by atoms with Crippen molar-refractivity contribution in [3.8, 4) is 5.75 Å². The first-order valence-corrected chi connectivity index (χ1v) is 10.1. The molecule has 0 saturated heterocycles. The minimum Gasteiger partial charge on any atom is -0.497 e. The van der Waals surface area contributed by atoms with Gasteiger partial charge in [0.15, 0.2) is 0 Å². The number of hydrogen-bond donors (Lipinski definition) is 1. The summed E-state index contributed by atoms with van der Waals surface area (Å²) in [5.74, 6) is 0.601. The van der Waals surface area contributed by atoms with Crippen molar-refractivity contribution >= 4 is 15.9 Å². The molecule has 0 saturated carbocycles. The van der Waals surface area contributed by atoms with E-state index < -0.39 is 10.0 Å². The van der Waals surface area contributed by atoms with Crippen LogP contribution in [0.25, 0.3) is 0 Å². The van der Waals surface area contributed by atoms with E-state index in [0.717, 1.165) is 16.9 Å². The molecule has 1 aromatic carbocycles. The molecule has 0 aromatic heterocycles. The van der Waals surface area contributed by atoms with Gasteiger partial charge in [-0.1, -0.05) is 26.8 Å². The van der Waals surface area contributed by atoms with Gasteiger partial charge in [0.1, 0.15) is 5.75 Å². The molecule has 0 spiro atoms. The zero-order valence-corrected chi connectivity index (χ0v) is 16.3. The predicted molar refractivity (Wildman–Crippen MR) is 98.0 cm³/mol. The lowest BCUT2D eigenvalue weighted by Gasteiger charge is -2.28. The Morgan fingerprint density at radius 3 is 2.64 bits per heavy atom. The Hall–Kier alpha value is -1.60. The minimum atomic E-state index is -3.39. The standard InChI is InChI=1S/C18H28N2O4S/c1-18(2,3)12-17(21)19-8-10-25(22,23)20-9-7-14-11-16(24-4)6-5-15(14)13-20/h5-6,11H,7-10,12-13H2,1-4H3,(H,19,21). The molecular weight excluding hydrogens is 340 g/mol. The van der Waals surface area contributed by atoms with E-state index in [4.69, 9.17) is 4.74 Å². The first-order valence-electron chi connectivity index (χ1n) is 8.51. The number of nitrogens with zero attached hydrogens (tertiary/aromatic N) is 1. The van der Waals surface area contributed by atoms with Crippen LogP contribution in [0, 0.1) is 5.41 Å². The minimum absolute atomic E-state index is 0.0750. The highest BCUT2D eigenvalue weighted by Gasteiger charge is 2.27. The lowest BCUT2D eigenvalue weighted by Crippen LogP contribution is -2.40. The van der Waals surface area contributed by atoms with E-state index in [0.29, 0.717) is 25.9 Å². The number of carbonyl (C=O) groups excluding carboxylic acids is 1. The molecule has 1 heterocycles. The summed E-state index contributed by atoms with van der Waals surface area (Å²) in [4.78, 5) is 11.8. The molecule has 7 heteroatoms. The van der Waals surface area contributed by atoms with Crippen molar-refractivity contribution in [2.24, 2.45) is 5.41 Å². The molecule has 6 nitrogen and oxygen atoms in total. The number of hydrogen-bond acceptors (Lipinski definition) is 4. The second-order valence-electron chi connectivity index (χ2n) is 7.62. The Kier molecular flexibility index (Phi) is 6.11. The quantitative estimate of drug-likeness (QED) is 0.832. The summed E-state index contributed by atoms with van der Waals surface area (Å²) in [6, 6.07) is 5.73. The molecule has 1 aliphatic rings. The third-order valence-corrected chi connectivity index (χ3v) is 5.98. The lowest BCUT2D eigenvalue weighted by atomic mass is 9.92. The molecule has 0 radical (unpaired) electrons. The van der Waals surface area contributed by atoms with Crippen molar-refractivity contribution in [3.63, 3.8) is 0 Å². The van der Waals surface area contributed by atoms with Crippen LogP contribution >= 0.6 is 0 Å². The molecule has 0 unspecified atom stereocenters. The number of carbonyl (C=O) groups is 1. The Morgan fingerprint density at radius 1 is 1.28 bits per heavy atom. The van der Waals surface area contributed by atoms with Gasteiger partial charge >= 0.3 is 0 Å². The summed E-state index contributed by atoms with van der Waals surface area (Å²) in [6.07, 6.45) is 1.05. The molecule has 25 heavy (non-hydrogen) atoms. The predicted octanol–water partition coefficient (Wildman–Crippen LogP) is 1.94. The number of methoxy groups -OCH3 is 1. The maximum absolute atomic E-state index is 12.5. The van der Waals surface area contributed by atoms with Gasteiger partial charge in [-0.15, -0.1) is 0 Å². The lowest BCUT2D eigenvalue weighted by molar-refractivity contribution is -0.122. The van der Waals surface area contributed by atoms with Crippen LogP contribution in [0.15, 0.2) is 18.2 Å². The number of nitrogens with one attached hydrogen (secondary N) is 1. The van der Waals surface area contributed by atoms with Gasteiger partial charge in [-0.3, -0.25) is 4.79 Å². The average Bonchev–Trinajstić information content (AvgIpc) is 2.51. The second-order valence-corrected chi connectivity index (χ2v) is 9.71. The zero-order valence-electron chi connectivity index (χ0n) is 15.5. The van der Waals surface area contributed by atoms with E-state index in [1.165, 1.54) is 4.31 Å². The van der Waals surface area contributed by atoms with Crippen LogP contribution in [0.4, 0.5) is 0 Å². The zero-order chi connectivity index (χ0) is 18.7. The fraction of sp³-hybridized carbons (Fsp3) is 0.611. The van der Waals surface area contributed by atoms with Crippen molar-refractivity contribution in [2.45, 2.75) is 40.2 Å². The number of ether oxygens (including phenoxy) is 1. The van der Waals surface area contributed by atoms with Crippen LogP contribution in [0.2, 0.25) is 0 Å². The molecule has 2 rings (SSSR count). The highest BCUT2D eigenvalue weighted by molar-refractivity contribution is 7.89. The number of benzene rings is 1. The summed E-state index contributed by atoms with van der Waals surface area (Å²) in [7, 11) is -1.77. The van der Waals surface area contributed by atoms with Gasteiger partial charge in [-0.2, -0.15) is 4.31 Å². The molecule has 1 amide bonds. The van der Waals surface area contributed by atoms with Crippen LogP contribution in [0.5, 0.6) is 5.75 Å². The summed E-state index contributed by atoms with van der Waals surface area (Å²) >= 11 is 0. The fourth-order valence-corrected chi connectivity index (χ4v) is 4.18. The Morgan fingerprint density at radius 2 is 2.00 bits per heavy atom. The maximum Gasteiger partial charge on any atom is 0.220 e. The Bertz CT molecular complexity index is 723. The van der Waals surface area contributed by atoms with E-state index in [2.05, 4.69) is 5.32 Å². The first-order chi connectivity index (χ1) is 11.6. The summed E-state index contributed by atoms with van der Waals surface area (Å²) in [6.45, 7) is 6.90. The van der Waals surface area contributed by atoms with Crippen LogP contribution in [0.1, 0.15) is 38.3 Å². The molecular formula is C18H28N2O4S. The smallest absolute Gasteiger partial charge is 0.220 e. The van der Waals surface area contributed by atoms with Crippen molar-refractivity contribution in [2.75, 3.05) is 26.0 Å². The van der Waals surface area contributed by atoms with E-state index >= 15 is 0 Å². The largest absolute Gasteiger partial charge is 0.497 e. The third-order valence-electron chi connectivity index (χ3n) is 4.16. The molecule has 140 valence electrons. The van der Waals surface area contributed by atoms with Crippen LogP contribution in [-0.2, 0) is 27.8 Å². The van der Waals surface area contributed by atoms with E-state index in [-0.39, 0.29) is 23.6 Å². The molecule has 0 fully saturated rings. The first kappa shape index (κ1) is 19.7. The van der Waals surface area contributed by atoms with Gasteiger partial charge in [-0.25, -0.2) is 8.42 Å². The normalized spacial score (nSPS) is 15.5. The Labute approximate surface area is 150 Å². The maximum atomic E-state index is 12.5. The van der Waals surface area contributed by atoms with Crippen molar-refractivity contribution in [3.05, 3.63) is 29.3 Å². The van der Waals surface area contributed by atoms with E-state index in [9.17, 15) is 13.2 Å². The molecule has 1 N–H and O–H groups in total. The number of fused-ring (bicyclic) bond motifs is 1. The van der Waals surface area contributed by atoms with Gasteiger partial charge in [0.2, 0.25) is 15.9 Å². The summed E-state index contributed by atoms with van der Waals surface area (Å²) < 4.78 is 31.8. The highest BCUT2D eigenvalue weighted by atomic mass is 32.2. The van der Waals surface area contributed by atoms with Gasteiger partial charge in [0.25, 0.3) is 0 Å². The van der Waals surface area contributed by atoms with Gasteiger partial charge in [-0.05, 0) is 35.1 Å². The van der Waals surface area contributed by atoms with Crippen LogP contribution in [-0.4, -0.2) is 44.6 Å². The number of sulfonamides is 1. The van der Waals surface area contributed by atoms with Crippen LogP contribution < -0.4 is 10.1 Å². The molecule has 1 aromatic rings. The average molecular weight is 368 g/mol. The number of rotatable bonds is 6. The van der Waals surface area contributed by atoms with Crippen molar-refractivity contribution < 1.29 is 17.9 Å².